The van der Waals surface area contributed by atoms with Gasteiger partial charge in [-0.1, -0.05) is 24.2 Å². The molecule has 0 spiro atoms. The molecule has 1 atom stereocenters. The summed E-state index contributed by atoms with van der Waals surface area (Å²) in [7, 11) is 1.49. The van der Waals surface area contributed by atoms with Crippen molar-refractivity contribution >= 4 is 23.5 Å². The minimum atomic E-state index is -0.645. The van der Waals surface area contributed by atoms with Crippen molar-refractivity contribution in [2.24, 2.45) is 5.92 Å². The Kier molecular flexibility index (Phi) is 4.92. The number of benzene rings is 1. The van der Waals surface area contributed by atoms with Crippen LogP contribution in [0.15, 0.2) is 36.4 Å². The van der Waals surface area contributed by atoms with Crippen LogP contribution < -0.4 is 10.1 Å². The second-order valence-corrected chi connectivity index (χ2v) is 4.14. The summed E-state index contributed by atoms with van der Waals surface area (Å²) in [5, 5.41) is 2.91. The van der Waals surface area contributed by atoms with Crippen LogP contribution in [0.5, 0.6) is 5.75 Å². The van der Waals surface area contributed by atoms with Crippen molar-refractivity contribution in [2.75, 3.05) is 7.05 Å². The first-order chi connectivity index (χ1) is 8.45. The normalized spacial score (nSPS) is 11.5. The Balaban J connectivity index is 2.71. The number of esters is 1. The number of hydrogen-bond acceptors (Lipinski definition) is 3. The fourth-order valence-electron chi connectivity index (χ4n) is 1.25. The summed E-state index contributed by atoms with van der Waals surface area (Å²) >= 11 is 5.77. The first-order valence-electron chi connectivity index (χ1n) is 5.34. The highest BCUT2D eigenvalue weighted by Crippen LogP contribution is 2.19. The summed E-state index contributed by atoms with van der Waals surface area (Å²) < 4.78 is 5.07. The highest BCUT2D eigenvalue weighted by atomic mass is 35.5. The van der Waals surface area contributed by atoms with E-state index in [1.165, 1.54) is 13.1 Å². The van der Waals surface area contributed by atoms with E-state index in [0.29, 0.717) is 10.8 Å². The number of amides is 1. The fraction of sp³-hybridized carbons (Fsp3) is 0.231. The molecule has 0 aliphatic heterocycles. The summed E-state index contributed by atoms with van der Waals surface area (Å²) in [5.41, 5.74) is 0.0920. The summed E-state index contributed by atoms with van der Waals surface area (Å²) in [6, 6.07) is 6.44. The van der Waals surface area contributed by atoms with Crippen LogP contribution in [-0.4, -0.2) is 18.9 Å². The van der Waals surface area contributed by atoms with E-state index < -0.39 is 11.9 Å². The Morgan fingerprint density at radius 1 is 1.44 bits per heavy atom. The molecule has 0 saturated carbocycles. The predicted molar refractivity (Wildman–Crippen MR) is 69.5 cm³/mol. The Labute approximate surface area is 111 Å². The van der Waals surface area contributed by atoms with Crippen molar-refractivity contribution in [2.45, 2.75) is 6.92 Å². The quantitative estimate of drug-likeness (QED) is 0.517. The monoisotopic (exact) mass is 267 g/mol. The van der Waals surface area contributed by atoms with E-state index in [9.17, 15) is 9.59 Å². The second-order valence-electron chi connectivity index (χ2n) is 3.71. The molecule has 0 radical (unpaired) electrons. The fourth-order valence-corrected chi connectivity index (χ4v) is 1.43. The van der Waals surface area contributed by atoms with Gasteiger partial charge in [-0.3, -0.25) is 4.79 Å². The van der Waals surface area contributed by atoms with Gasteiger partial charge in [-0.15, -0.1) is 0 Å². The van der Waals surface area contributed by atoms with Gasteiger partial charge in [0.05, 0.1) is 5.92 Å². The van der Waals surface area contributed by atoms with Crippen LogP contribution in [0.3, 0.4) is 0 Å². The van der Waals surface area contributed by atoms with Crippen LogP contribution in [0.25, 0.3) is 0 Å². The lowest BCUT2D eigenvalue weighted by molar-refractivity contribution is -0.133. The number of carbonyl (C=O) groups excluding carboxylic acids is 2. The van der Waals surface area contributed by atoms with Gasteiger partial charge in [-0.05, 0) is 25.1 Å². The zero-order valence-electron chi connectivity index (χ0n) is 10.2. The Morgan fingerprint density at radius 2 is 2.11 bits per heavy atom. The molecule has 0 aromatic heterocycles. The van der Waals surface area contributed by atoms with Gasteiger partial charge in [0.2, 0.25) is 5.91 Å². The molecule has 18 heavy (non-hydrogen) atoms. The zero-order chi connectivity index (χ0) is 13.7. The van der Waals surface area contributed by atoms with Gasteiger partial charge in [0.1, 0.15) is 5.75 Å². The molecule has 0 aliphatic carbocycles. The first-order valence-corrected chi connectivity index (χ1v) is 5.71. The number of ether oxygens (including phenoxy) is 1. The highest BCUT2D eigenvalue weighted by Gasteiger charge is 2.22. The molecule has 4 nitrogen and oxygen atoms in total. The third-order valence-corrected chi connectivity index (χ3v) is 2.67. The third-order valence-electron chi connectivity index (χ3n) is 2.43. The SMILES string of the molecule is C=C(C(=O)Oc1cccc(Cl)c1)C(C)C(=O)NC. The molecule has 1 N–H and O–H groups in total. The van der Waals surface area contributed by atoms with Crippen molar-refractivity contribution in [3.63, 3.8) is 0 Å². The summed E-state index contributed by atoms with van der Waals surface area (Å²) in [5.74, 6) is -1.25. The molecule has 1 unspecified atom stereocenters. The molecule has 0 saturated heterocycles. The van der Waals surface area contributed by atoms with Crippen LogP contribution in [-0.2, 0) is 9.59 Å². The van der Waals surface area contributed by atoms with E-state index in [4.69, 9.17) is 16.3 Å². The minimum Gasteiger partial charge on any atom is -0.423 e. The van der Waals surface area contributed by atoms with E-state index >= 15 is 0 Å². The average Bonchev–Trinajstić information content (AvgIpc) is 2.36. The molecule has 1 aromatic carbocycles. The number of rotatable bonds is 4. The number of hydrogen-bond donors (Lipinski definition) is 1. The number of halogens is 1. The van der Waals surface area contributed by atoms with Gasteiger partial charge in [0.15, 0.2) is 0 Å². The summed E-state index contributed by atoms with van der Waals surface area (Å²) in [6.45, 7) is 5.16. The number of nitrogens with one attached hydrogen (secondary N) is 1. The van der Waals surface area contributed by atoms with Crippen molar-refractivity contribution in [1.82, 2.24) is 5.32 Å². The van der Waals surface area contributed by atoms with Crippen LogP contribution in [0, 0.1) is 5.92 Å². The topological polar surface area (TPSA) is 55.4 Å². The van der Waals surface area contributed by atoms with Crippen LogP contribution in [0.1, 0.15) is 6.92 Å². The van der Waals surface area contributed by atoms with Crippen LogP contribution in [0.4, 0.5) is 0 Å². The lowest BCUT2D eigenvalue weighted by Gasteiger charge is -2.12. The summed E-state index contributed by atoms with van der Waals surface area (Å²) in [6.07, 6.45) is 0. The molecular formula is C13H14ClNO3. The number of carbonyl (C=O) groups is 2. The van der Waals surface area contributed by atoms with Crippen molar-refractivity contribution in [1.29, 1.82) is 0 Å². The standard InChI is InChI=1S/C13H14ClNO3/c1-8(12(16)15-3)9(2)13(17)18-11-6-4-5-10(14)7-11/h4-8H,2H2,1,3H3,(H,15,16). The molecule has 0 heterocycles. The van der Waals surface area contributed by atoms with Crippen LogP contribution >= 0.6 is 11.6 Å². The summed E-state index contributed by atoms with van der Waals surface area (Å²) in [4.78, 5) is 23.1. The molecule has 96 valence electrons. The zero-order valence-corrected chi connectivity index (χ0v) is 11.0. The average molecular weight is 268 g/mol. The lowest BCUT2D eigenvalue weighted by Crippen LogP contribution is -2.30. The van der Waals surface area contributed by atoms with Gasteiger partial charge in [0.25, 0.3) is 0 Å². The highest BCUT2D eigenvalue weighted by molar-refractivity contribution is 6.30. The van der Waals surface area contributed by atoms with Gasteiger partial charge in [-0.25, -0.2) is 4.79 Å². The molecule has 0 aliphatic rings. The van der Waals surface area contributed by atoms with E-state index in [1.54, 1.807) is 25.1 Å². The van der Waals surface area contributed by atoms with Crippen LogP contribution in [0.2, 0.25) is 5.02 Å². The molecule has 5 heteroatoms. The Morgan fingerprint density at radius 3 is 2.67 bits per heavy atom. The molecule has 0 bridgehead atoms. The largest absolute Gasteiger partial charge is 0.423 e. The molecule has 1 aromatic rings. The van der Waals surface area contributed by atoms with E-state index in [2.05, 4.69) is 11.9 Å². The smallest absolute Gasteiger partial charge is 0.339 e. The van der Waals surface area contributed by atoms with E-state index in [1.807, 2.05) is 0 Å². The molecule has 1 rings (SSSR count). The van der Waals surface area contributed by atoms with Gasteiger partial charge in [0, 0.05) is 17.6 Å². The van der Waals surface area contributed by atoms with Crippen molar-refractivity contribution in [3.05, 3.63) is 41.4 Å². The predicted octanol–water partition coefficient (Wildman–Crippen LogP) is 2.18. The maximum atomic E-state index is 11.7. The molecule has 1 amide bonds. The Hall–Kier alpha value is -1.81. The maximum absolute atomic E-state index is 11.7. The second kappa shape index (κ2) is 6.21. The Bertz CT molecular complexity index is 485. The maximum Gasteiger partial charge on any atom is 0.339 e. The first kappa shape index (κ1) is 14.3. The van der Waals surface area contributed by atoms with E-state index in [0.717, 1.165) is 0 Å². The van der Waals surface area contributed by atoms with Crippen molar-refractivity contribution < 1.29 is 14.3 Å². The third kappa shape index (κ3) is 3.60. The van der Waals surface area contributed by atoms with E-state index in [-0.39, 0.29) is 11.5 Å². The molecule has 0 fully saturated rings. The lowest BCUT2D eigenvalue weighted by atomic mass is 10.0. The minimum absolute atomic E-state index is 0.0920. The molecular weight excluding hydrogens is 254 g/mol. The van der Waals surface area contributed by atoms with Gasteiger partial charge < -0.3 is 10.1 Å². The van der Waals surface area contributed by atoms with Gasteiger partial charge >= 0.3 is 5.97 Å². The van der Waals surface area contributed by atoms with Gasteiger partial charge in [-0.2, -0.15) is 0 Å². The van der Waals surface area contributed by atoms with Crippen molar-refractivity contribution in [3.8, 4) is 5.75 Å².